The number of hydrogen-bond acceptors (Lipinski definition) is 6. The number of rotatable bonds is 4. The van der Waals surface area contributed by atoms with E-state index >= 15 is 0 Å². The summed E-state index contributed by atoms with van der Waals surface area (Å²) >= 11 is 0. The average molecular weight is 396 g/mol. The first-order chi connectivity index (χ1) is 12.8. The van der Waals surface area contributed by atoms with Crippen molar-refractivity contribution in [2.75, 3.05) is 6.54 Å². The standard InChI is InChI=1S/C15H16N4O7S/c20-13(8-5-6-8)16-17-14(21)12-10-4-2-1-3-9(10)11-7-18(12)15(22)19(11)26-27(23,24)25/h1-4,8,11-12H,5-7H2,(H,16,20)(H,17,21)(H,23,24,25). The summed E-state index contributed by atoms with van der Waals surface area (Å²) in [4.78, 5) is 38.1. The van der Waals surface area contributed by atoms with E-state index in [1.165, 1.54) is 0 Å². The highest BCUT2D eigenvalue weighted by Gasteiger charge is 2.52. The molecule has 1 aliphatic carbocycles. The van der Waals surface area contributed by atoms with Gasteiger partial charge in [-0.1, -0.05) is 24.3 Å². The molecule has 0 radical (unpaired) electrons. The van der Waals surface area contributed by atoms with E-state index in [4.69, 9.17) is 4.55 Å². The van der Waals surface area contributed by atoms with Crippen LogP contribution in [0.25, 0.3) is 0 Å². The summed E-state index contributed by atoms with van der Waals surface area (Å²) in [6, 6.07) is 3.84. The lowest BCUT2D eigenvalue weighted by Crippen LogP contribution is -2.50. The molecule has 2 aliphatic heterocycles. The molecule has 1 saturated carbocycles. The van der Waals surface area contributed by atoms with Gasteiger partial charge in [-0.15, -0.1) is 4.28 Å². The second kappa shape index (κ2) is 6.18. The summed E-state index contributed by atoms with van der Waals surface area (Å²) in [6.45, 7) is -0.0139. The fraction of sp³-hybridized carbons (Fsp3) is 0.400. The highest BCUT2D eigenvalue weighted by molar-refractivity contribution is 7.80. The SMILES string of the molecule is O=C(NNC(=O)C1c2ccccc2C2CN1C(=O)N2OS(=O)(=O)O)C1CC1. The monoisotopic (exact) mass is 396 g/mol. The highest BCUT2D eigenvalue weighted by atomic mass is 32.3. The molecular weight excluding hydrogens is 380 g/mol. The maximum Gasteiger partial charge on any atom is 0.418 e. The van der Waals surface area contributed by atoms with Crippen LogP contribution in [-0.4, -0.2) is 47.3 Å². The van der Waals surface area contributed by atoms with Gasteiger partial charge in [-0.05, 0) is 24.0 Å². The number of urea groups is 1. The van der Waals surface area contributed by atoms with Crippen molar-refractivity contribution in [3.05, 3.63) is 35.4 Å². The van der Waals surface area contributed by atoms with Crippen LogP contribution in [0.1, 0.15) is 36.1 Å². The Labute approximate surface area is 154 Å². The van der Waals surface area contributed by atoms with Crippen molar-refractivity contribution in [3.8, 4) is 0 Å². The van der Waals surface area contributed by atoms with Crippen molar-refractivity contribution < 1.29 is 31.6 Å². The Bertz CT molecular complexity index is 930. The van der Waals surface area contributed by atoms with Crippen LogP contribution in [0.3, 0.4) is 0 Å². The molecule has 0 spiro atoms. The fourth-order valence-electron chi connectivity index (χ4n) is 3.38. The molecule has 2 bridgehead atoms. The highest BCUT2D eigenvalue weighted by Crippen LogP contribution is 2.44. The summed E-state index contributed by atoms with van der Waals surface area (Å²) < 4.78 is 35.5. The molecule has 0 aromatic heterocycles. The number of carbonyl (C=O) groups excluding carboxylic acids is 3. The van der Waals surface area contributed by atoms with E-state index in [1.807, 2.05) is 0 Å². The second-order valence-corrected chi connectivity index (χ2v) is 7.57. The lowest BCUT2D eigenvalue weighted by molar-refractivity contribution is -0.132. The third-order valence-electron chi connectivity index (χ3n) is 4.73. The van der Waals surface area contributed by atoms with Crippen LogP contribution < -0.4 is 10.9 Å². The van der Waals surface area contributed by atoms with E-state index in [-0.39, 0.29) is 18.4 Å². The summed E-state index contributed by atoms with van der Waals surface area (Å²) in [7, 11) is -4.92. The average Bonchev–Trinajstić information content (AvgIpc) is 3.43. The van der Waals surface area contributed by atoms with Crippen molar-refractivity contribution in [1.29, 1.82) is 0 Å². The van der Waals surface area contributed by atoms with E-state index in [1.54, 1.807) is 24.3 Å². The molecule has 3 aliphatic rings. The number of hydrogen-bond donors (Lipinski definition) is 3. The predicted molar refractivity (Wildman–Crippen MR) is 87.5 cm³/mol. The topological polar surface area (TPSA) is 145 Å². The van der Waals surface area contributed by atoms with Gasteiger partial charge < -0.3 is 4.90 Å². The number of amides is 4. The molecule has 144 valence electrons. The van der Waals surface area contributed by atoms with Gasteiger partial charge in [0.05, 0.1) is 6.54 Å². The van der Waals surface area contributed by atoms with Crippen molar-refractivity contribution >= 4 is 28.2 Å². The smallest absolute Gasteiger partial charge is 0.304 e. The zero-order chi connectivity index (χ0) is 19.3. The van der Waals surface area contributed by atoms with Crippen molar-refractivity contribution in [1.82, 2.24) is 20.8 Å². The van der Waals surface area contributed by atoms with Crippen molar-refractivity contribution in [2.24, 2.45) is 5.92 Å². The van der Waals surface area contributed by atoms with Gasteiger partial charge in [0.15, 0.2) is 0 Å². The number of benzene rings is 1. The van der Waals surface area contributed by atoms with Gasteiger partial charge in [-0.2, -0.15) is 13.5 Å². The van der Waals surface area contributed by atoms with Crippen LogP contribution in [0.4, 0.5) is 4.79 Å². The van der Waals surface area contributed by atoms with Crippen LogP contribution in [0, 0.1) is 5.92 Å². The molecule has 11 nitrogen and oxygen atoms in total. The first-order valence-electron chi connectivity index (χ1n) is 8.21. The zero-order valence-electron chi connectivity index (χ0n) is 13.9. The molecule has 4 amide bonds. The number of nitrogens with zero attached hydrogens (tertiary/aromatic N) is 2. The molecule has 1 aromatic rings. The number of nitrogens with one attached hydrogen (secondary N) is 2. The zero-order valence-corrected chi connectivity index (χ0v) is 14.7. The first kappa shape index (κ1) is 17.7. The van der Waals surface area contributed by atoms with E-state index in [0.29, 0.717) is 16.2 Å². The summed E-state index contributed by atoms with van der Waals surface area (Å²) in [5.74, 6) is -1.05. The Morgan fingerprint density at radius 1 is 1.11 bits per heavy atom. The van der Waals surface area contributed by atoms with Crippen LogP contribution >= 0.6 is 0 Å². The van der Waals surface area contributed by atoms with Crippen molar-refractivity contribution in [2.45, 2.75) is 24.9 Å². The van der Waals surface area contributed by atoms with Crippen LogP contribution in [0.2, 0.25) is 0 Å². The lowest BCUT2D eigenvalue weighted by atomic mass is 9.91. The Hall–Kier alpha value is -2.70. The fourth-order valence-corrected chi connectivity index (χ4v) is 3.75. The second-order valence-electron chi connectivity index (χ2n) is 6.56. The minimum Gasteiger partial charge on any atom is -0.304 e. The van der Waals surface area contributed by atoms with E-state index in [9.17, 15) is 22.8 Å². The van der Waals surface area contributed by atoms with Gasteiger partial charge in [0.2, 0.25) is 5.91 Å². The number of fused-ring (bicyclic) bond motifs is 4. The Balaban J connectivity index is 1.62. The molecular formula is C15H16N4O7S. The summed E-state index contributed by atoms with van der Waals surface area (Å²) in [5.41, 5.74) is 5.64. The van der Waals surface area contributed by atoms with Crippen LogP contribution in [0.15, 0.2) is 24.3 Å². The maximum atomic E-state index is 12.7. The largest absolute Gasteiger partial charge is 0.418 e. The molecule has 1 saturated heterocycles. The molecule has 3 N–H and O–H groups in total. The van der Waals surface area contributed by atoms with Gasteiger partial charge in [0, 0.05) is 5.92 Å². The third kappa shape index (κ3) is 3.22. The number of hydrazine groups is 1. The number of hydroxylamine groups is 2. The van der Waals surface area contributed by atoms with Gasteiger partial charge >= 0.3 is 16.4 Å². The number of carbonyl (C=O) groups is 3. The summed E-state index contributed by atoms with van der Waals surface area (Å²) in [6.07, 6.45) is 1.53. The Morgan fingerprint density at radius 3 is 2.37 bits per heavy atom. The molecule has 2 unspecified atom stereocenters. The maximum absolute atomic E-state index is 12.7. The van der Waals surface area contributed by atoms with Gasteiger partial charge in [0.25, 0.3) is 5.91 Å². The van der Waals surface area contributed by atoms with E-state index in [0.717, 1.165) is 17.7 Å². The van der Waals surface area contributed by atoms with Crippen LogP contribution in [-0.2, 0) is 24.3 Å². The quantitative estimate of drug-likeness (QED) is 0.472. The van der Waals surface area contributed by atoms with Crippen LogP contribution in [0.5, 0.6) is 0 Å². The normalized spacial score (nSPS) is 23.8. The molecule has 4 rings (SSSR count). The molecule has 2 heterocycles. The molecule has 2 fully saturated rings. The third-order valence-corrected chi connectivity index (χ3v) is 5.08. The minimum atomic E-state index is -4.92. The first-order valence-corrected chi connectivity index (χ1v) is 9.58. The van der Waals surface area contributed by atoms with E-state index < -0.39 is 34.4 Å². The van der Waals surface area contributed by atoms with E-state index in [2.05, 4.69) is 15.1 Å². The molecule has 12 heteroatoms. The molecule has 27 heavy (non-hydrogen) atoms. The Kier molecular flexibility index (Phi) is 4.05. The summed E-state index contributed by atoms with van der Waals surface area (Å²) in [5, 5.41) is 0.532. The van der Waals surface area contributed by atoms with Gasteiger partial charge in [-0.25, -0.2) is 4.79 Å². The van der Waals surface area contributed by atoms with Gasteiger partial charge in [-0.3, -0.25) is 25.0 Å². The predicted octanol–water partition coefficient (Wildman–Crippen LogP) is -0.188. The minimum absolute atomic E-state index is 0.0139. The molecule has 2 atom stereocenters. The lowest BCUT2D eigenvalue weighted by Gasteiger charge is -2.31. The Morgan fingerprint density at radius 2 is 1.74 bits per heavy atom. The van der Waals surface area contributed by atoms with Crippen molar-refractivity contribution in [3.63, 3.8) is 0 Å². The molecule has 1 aromatic carbocycles. The van der Waals surface area contributed by atoms with Gasteiger partial charge in [0.1, 0.15) is 12.1 Å².